The summed E-state index contributed by atoms with van der Waals surface area (Å²) in [5, 5.41) is 0. The lowest BCUT2D eigenvalue weighted by Crippen LogP contribution is -2.41. The van der Waals surface area contributed by atoms with Crippen LogP contribution in [0.4, 0.5) is 35.1 Å². The van der Waals surface area contributed by atoms with Gasteiger partial charge >= 0.3 is 18.3 Å². The molecule has 0 saturated carbocycles. The standard InChI is InChI=1S/C18H15F8NOS/c1-2-29-15-6-3-12(17(21,22)23)7-11(15)8-13-4-5-14(9-27-13)28-10-16(19,20)18(24,25)26/h3-7,9H,2,8,10H2,1H3. The number of ether oxygens (including phenoxy) is 1. The Balaban J connectivity index is 2.15. The second-order valence-electron chi connectivity index (χ2n) is 5.91. The first-order valence-electron chi connectivity index (χ1n) is 8.18. The summed E-state index contributed by atoms with van der Waals surface area (Å²) < 4.78 is 105. The Morgan fingerprint density at radius 2 is 1.66 bits per heavy atom. The van der Waals surface area contributed by atoms with Crippen LogP contribution in [0, 0.1) is 0 Å². The van der Waals surface area contributed by atoms with Crippen molar-refractivity contribution in [3.63, 3.8) is 0 Å². The molecule has 29 heavy (non-hydrogen) atoms. The zero-order chi connectivity index (χ0) is 21.9. The zero-order valence-corrected chi connectivity index (χ0v) is 15.7. The SMILES string of the molecule is CCSc1ccc(C(F)(F)F)cc1Cc1ccc(OCC(F)(F)C(F)(F)F)cn1. The minimum atomic E-state index is -5.74. The number of thioether (sulfide) groups is 1. The lowest BCUT2D eigenvalue weighted by molar-refractivity contribution is -0.290. The third-order valence-electron chi connectivity index (χ3n) is 3.69. The Morgan fingerprint density at radius 3 is 2.17 bits per heavy atom. The summed E-state index contributed by atoms with van der Waals surface area (Å²) in [5.74, 6) is -4.70. The van der Waals surface area contributed by atoms with Gasteiger partial charge in [-0.05, 0) is 41.6 Å². The number of hydrogen-bond acceptors (Lipinski definition) is 3. The highest BCUT2D eigenvalue weighted by atomic mass is 32.2. The molecule has 0 aliphatic carbocycles. The lowest BCUT2D eigenvalue weighted by Gasteiger charge is -2.19. The van der Waals surface area contributed by atoms with Crippen LogP contribution in [-0.4, -0.2) is 29.4 Å². The van der Waals surface area contributed by atoms with Crippen molar-refractivity contribution in [2.45, 2.75) is 36.5 Å². The van der Waals surface area contributed by atoms with E-state index in [4.69, 9.17) is 0 Å². The van der Waals surface area contributed by atoms with Gasteiger partial charge in [0, 0.05) is 17.0 Å². The second-order valence-corrected chi connectivity index (χ2v) is 7.21. The largest absolute Gasteiger partial charge is 0.485 e. The summed E-state index contributed by atoms with van der Waals surface area (Å²) in [7, 11) is 0. The van der Waals surface area contributed by atoms with Crippen molar-refractivity contribution in [2.24, 2.45) is 0 Å². The van der Waals surface area contributed by atoms with Gasteiger partial charge in [0.1, 0.15) is 5.75 Å². The van der Waals surface area contributed by atoms with Crippen molar-refractivity contribution in [1.82, 2.24) is 4.98 Å². The normalized spacial score (nSPS) is 12.9. The Kier molecular flexibility index (Phi) is 7.02. The molecule has 0 aliphatic rings. The van der Waals surface area contributed by atoms with Gasteiger partial charge in [-0.25, -0.2) is 0 Å². The molecule has 2 rings (SSSR count). The highest BCUT2D eigenvalue weighted by Gasteiger charge is 2.58. The third-order valence-corrected chi connectivity index (χ3v) is 4.69. The van der Waals surface area contributed by atoms with E-state index in [9.17, 15) is 35.1 Å². The summed E-state index contributed by atoms with van der Waals surface area (Å²) in [6, 6.07) is 5.78. The van der Waals surface area contributed by atoms with Crippen molar-refractivity contribution >= 4 is 11.8 Å². The van der Waals surface area contributed by atoms with E-state index >= 15 is 0 Å². The molecular formula is C18H15F8NOS. The lowest BCUT2D eigenvalue weighted by atomic mass is 10.1. The smallest absolute Gasteiger partial charge is 0.456 e. The summed E-state index contributed by atoms with van der Waals surface area (Å²) >= 11 is 1.35. The van der Waals surface area contributed by atoms with E-state index in [1.165, 1.54) is 23.9 Å². The van der Waals surface area contributed by atoms with Crippen molar-refractivity contribution in [3.8, 4) is 5.75 Å². The maximum Gasteiger partial charge on any atom is 0.456 e. The minimum Gasteiger partial charge on any atom is -0.485 e. The average Bonchev–Trinajstić information content (AvgIpc) is 2.61. The Bertz CT molecular complexity index is 818. The number of alkyl halides is 8. The molecule has 2 nitrogen and oxygen atoms in total. The molecule has 0 radical (unpaired) electrons. The molecule has 1 aromatic heterocycles. The molecule has 0 saturated heterocycles. The number of rotatable bonds is 7. The first-order valence-corrected chi connectivity index (χ1v) is 9.17. The fourth-order valence-corrected chi connectivity index (χ4v) is 3.03. The molecule has 2 aromatic rings. The monoisotopic (exact) mass is 445 g/mol. The third kappa shape index (κ3) is 6.22. The van der Waals surface area contributed by atoms with Crippen LogP contribution in [-0.2, 0) is 12.6 Å². The van der Waals surface area contributed by atoms with Crippen LogP contribution in [0.5, 0.6) is 5.75 Å². The topological polar surface area (TPSA) is 22.1 Å². The van der Waals surface area contributed by atoms with Crippen LogP contribution >= 0.6 is 11.8 Å². The predicted octanol–water partition coefficient (Wildman–Crippen LogP) is 6.38. The van der Waals surface area contributed by atoms with Crippen LogP contribution in [0.3, 0.4) is 0 Å². The van der Waals surface area contributed by atoms with E-state index < -0.39 is 30.4 Å². The highest BCUT2D eigenvalue weighted by molar-refractivity contribution is 7.99. The van der Waals surface area contributed by atoms with Gasteiger partial charge in [-0.3, -0.25) is 4.98 Å². The van der Waals surface area contributed by atoms with E-state index in [2.05, 4.69) is 9.72 Å². The predicted molar refractivity (Wildman–Crippen MR) is 91.4 cm³/mol. The van der Waals surface area contributed by atoms with Gasteiger partial charge in [-0.2, -0.15) is 35.1 Å². The summed E-state index contributed by atoms with van der Waals surface area (Å²) in [6.45, 7) is -0.0599. The average molecular weight is 445 g/mol. The van der Waals surface area contributed by atoms with Gasteiger partial charge in [0.25, 0.3) is 0 Å². The number of hydrogen-bond donors (Lipinski definition) is 0. The summed E-state index contributed by atoms with van der Waals surface area (Å²) in [4.78, 5) is 4.52. The van der Waals surface area contributed by atoms with Gasteiger partial charge in [0.15, 0.2) is 6.61 Å². The molecule has 1 heterocycles. The van der Waals surface area contributed by atoms with E-state index in [0.717, 1.165) is 24.4 Å². The summed E-state index contributed by atoms with van der Waals surface area (Å²) in [5.41, 5.74) is -0.143. The molecule has 0 aliphatic heterocycles. The molecule has 0 amide bonds. The first-order chi connectivity index (χ1) is 13.3. The van der Waals surface area contributed by atoms with Crippen molar-refractivity contribution < 1.29 is 39.9 Å². The maximum atomic E-state index is 13.0. The number of pyridine rings is 1. The van der Waals surface area contributed by atoms with Gasteiger partial charge in [-0.1, -0.05) is 6.92 Å². The number of benzene rings is 1. The molecule has 0 N–H and O–H groups in total. The van der Waals surface area contributed by atoms with E-state index in [1.54, 1.807) is 0 Å². The van der Waals surface area contributed by atoms with Crippen LogP contribution < -0.4 is 4.74 Å². The molecule has 0 spiro atoms. The van der Waals surface area contributed by atoms with Crippen molar-refractivity contribution in [3.05, 3.63) is 53.3 Å². The molecule has 1 aromatic carbocycles. The highest BCUT2D eigenvalue weighted by Crippen LogP contribution is 2.36. The Labute approximate surface area is 165 Å². The first kappa shape index (κ1) is 23.2. The molecule has 0 bridgehead atoms. The zero-order valence-electron chi connectivity index (χ0n) is 14.9. The Morgan fingerprint density at radius 1 is 0.966 bits per heavy atom. The minimum absolute atomic E-state index is 0.0191. The number of halogens is 8. The molecule has 0 atom stereocenters. The van der Waals surface area contributed by atoms with Crippen LogP contribution in [0.15, 0.2) is 41.4 Å². The fourth-order valence-electron chi connectivity index (χ4n) is 2.24. The molecule has 160 valence electrons. The molecule has 0 unspecified atom stereocenters. The van der Waals surface area contributed by atoms with Crippen LogP contribution in [0.2, 0.25) is 0 Å². The quantitative estimate of drug-likeness (QED) is 0.365. The van der Waals surface area contributed by atoms with E-state index in [0.29, 0.717) is 21.9 Å². The summed E-state index contributed by atoms with van der Waals surface area (Å²) in [6.07, 6.45) is -9.29. The maximum absolute atomic E-state index is 13.0. The molecule has 0 fully saturated rings. The van der Waals surface area contributed by atoms with E-state index in [-0.39, 0.29) is 12.2 Å². The van der Waals surface area contributed by atoms with Crippen LogP contribution in [0.25, 0.3) is 0 Å². The fraction of sp³-hybridized carbons (Fsp3) is 0.389. The van der Waals surface area contributed by atoms with E-state index in [1.807, 2.05) is 6.92 Å². The molecular weight excluding hydrogens is 430 g/mol. The molecule has 11 heteroatoms. The van der Waals surface area contributed by atoms with Gasteiger partial charge in [-0.15, -0.1) is 11.8 Å². The number of nitrogens with zero attached hydrogens (tertiary/aromatic N) is 1. The van der Waals surface area contributed by atoms with Crippen LogP contribution in [0.1, 0.15) is 23.7 Å². The van der Waals surface area contributed by atoms with Gasteiger partial charge < -0.3 is 4.74 Å². The number of aromatic nitrogens is 1. The van der Waals surface area contributed by atoms with Gasteiger partial charge in [0.05, 0.1) is 11.8 Å². The van der Waals surface area contributed by atoms with Gasteiger partial charge in [0.2, 0.25) is 0 Å². The van der Waals surface area contributed by atoms with Crippen molar-refractivity contribution in [2.75, 3.05) is 12.4 Å². The Hall–Kier alpha value is -2.04. The second kappa shape index (κ2) is 8.76. The van der Waals surface area contributed by atoms with Crippen molar-refractivity contribution in [1.29, 1.82) is 0 Å².